The van der Waals surface area contributed by atoms with E-state index in [9.17, 15) is 4.79 Å². The van der Waals surface area contributed by atoms with Crippen LogP contribution in [0.1, 0.15) is 18.4 Å². The largest absolute Gasteiger partial charge is 0.444 e. The molecular weight excluding hydrogens is 372 g/mol. The Labute approximate surface area is 177 Å². The zero-order chi connectivity index (χ0) is 20.3. The lowest BCUT2D eigenvalue weighted by atomic mass is 10.0. The van der Waals surface area contributed by atoms with Crippen molar-refractivity contribution in [3.63, 3.8) is 0 Å². The van der Waals surface area contributed by atoms with Gasteiger partial charge >= 0.3 is 6.09 Å². The fraction of sp³-hybridized carbons (Fsp3) is 0.269. The lowest BCUT2D eigenvalue weighted by Gasteiger charge is -2.26. The van der Waals surface area contributed by atoms with E-state index in [-0.39, 0.29) is 12.2 Å². The zero-order valence-corrected chi connectivity index (χ0v) is 16.9. The van der Waals surface area contributed by atoms with Crippen molar-refractivity contribution in [2.45, 2.75) is 31.5 Å². The highest BCUT2D eigenvalue weighted by molar-refractivity contribution is 5.91. The lowest BCUT2D eigenvalue weighted by Crippen LogP contribution is -2.36. The van der Waals surface area contributed by atoms with Crippen molar-refractivity contribution >= 4 is 11.8 Å². The van der Waals surface area contributed by atoms with Gasteiger partial charge in [0.2, 0.25) is 0 Å². The smallest absolute Gasteiger partial charge is 0.411 e. The number of piperidine rings is 1. The molecule has 1 aliphatic carbocycles. The molecule has 2 bridgehead atoms. The number of ether oxygens (including phenoxy) is 1. The minimum Gasteiger partial charge on any atom is -0.444 e. The Bertz CT molecular complexity index is 1010. The van der Waals surface area contributed by atoms with E-state index < -0.39 is 0 Å². The summed E-state index contributed by atoms with van der Waals surface area (Å²) in [6.07, 6.45) is 1.84. The van der Waals surface area contributed by atoms with E-state index in [0.717, 1.165) is 42.7 Å². The number of nitrogens with zero attached hydrogens (tertiary/aromatic N) is 1. The Hall–Kier alpha value is -3.11. The molecule has 1 saturated carbocycles. The molecule has 5 rings (SSSR count). The number of amides is 1. The van der Waals surface area contributed by atoms with Gasteiger partial charge in [-0.1, -0.05) is 78.9 Å². The van der Waals surface area contributed by atoms with E-state index in [4.69, 9.17) is 4.74 Å². The fourth-order valence-corrected chi connectivity index (χ4v) is 4.95. The van der Waals surface area contributed by atoms with Gasteiger partial charge in [-0.2, -0.15) is 0 Å². The Kier molecular flexibility index (Phi) is 5.24. The third-order valence-electron chi connectivity index (χ3n) is 6.34. The highest BCUT2D eigenvalue weighted by Crippen LogP contribution is 2.41. The van der Waals surface area contributed by atoms with Gasteiger partial charge in [-0.3, -0.25) is 10.2 Å². The van der Waals surface area contributed by atoms with Crippen LogP contribution < -0.4 is 5.32 Å². The summed E-state index contributed by atoms with van der Waals surface area (Å²) in [6.45, 7) is 1.92. The maximum absolute atomic E-state index is 12.8. The molecule has 3 unspecified atom stereocenters. The predicted molar refractivity (Wildman–Crippen MR) is 119 cm³/mol. The molecule has 0 radical (unpaired) electrons. The first-order chi connectivity index (χ1) is 14.8. The molecule has 2 aliphatic rings. The SMILES string of the molecule is O=C(Nc1ccccc1-c1ccccc1)OC1C2CCC1N(Cc1ccccc1)C2. The van der Waals surface area contributed by atoms with Gasteiger partial charge in [-0.05, 0) is 30.0 Å². The molecule has 2 fully saturated rings. The van der Waals surface area contributed by atoms with Crippen molar-refractivity contribution in [2.75, 3.05) is 11.9 Å². The molecule has 1 amide bonds. The Morgan fingerprint density at radius 3 is 2.40 bits per heavy atom. The third-order valence-corrected chi connectivity index (χ3v) is 6.34. The van der Waals surface area contributed by atoms with Crippen LogP contribution in [0.25, 0.3) is 11.1 Å². The number of hydrogen-bond donors (Lipinski definition) is 1. The number of anilines is 1. The molecule has 1 N–H and O–H groups in total. The van der Waals surface area contributed by atoms with E-state index in [0.29, 0.717) is 12.0 Å². The van der Waals surface area contributed by atoms with Crippen LogP contribution in [0.3, 0.4) is 0 Å². The van der Waals surface area contributed by atoms with E-state index in [1.807, 2.05) is 60.7 Å². The number of likely N-dealkylation sites (tertiary alicyclic amines) is 1. The van der Waals surface area contributed by atoms with E-state index in [1.165, 1.54) is 5.56 Å². The molecule has 3 aromatic carbocycles. The number of carbonyl (C=O) groups excluding carboxylic acids is 1. The number of rotatable bonds is 5. The quantitative estimate of drug-likeness (QED) is 0.611. The van der Waals surface area contributed by atoms with Gasteiger partial charge in [0.1, 0.15) is 6.10 Å². The Balaban J connectivity index is 1.26. The molecule has 1 heterocycles. The first-order valence-electron chi connectivity index (χ1n) is 10.7. The van der Waals surface area contributed by atoms with Crippen LogP contribution in [-0.2, 0) is 11.3 Å². The average molecular weight is 399 g/mol. The summed E-state index contributed by atoms with van der Waals surface area (Å²) in [6, 6.07) is 28.8. The second kappa shape index (κ2) is 8.33. The highest BCUT2D eigenvalue weighted by Gasteiger charge is 2.49. The maximum atomic E-state index is 12.8. The maximum Gasteiger partial charge on any atom is 0.411 e. The molecule has 3 atom stereocenters. The molecule has 3 aromatic rings. The minimum atomic E-state index is -0.359. The first kappa shape index (κ1) is 18.9. The highest BCUT2D eigenvalue weighted by atomic mass is 16.6. The van der Waals surface area contributed by atoms with Gasteiger partial charge in [0.15, 0.2) is 0 Å². The number of hydrogen-bond acceptors (Lipinski definition) is 3. The predicted octanol–water partition coefficient (Wildman–Crippen LogP) is 5.57. The van der Waals surface area contributed by atoms with Crippen LogP contribution in [-0.4, -0.2) is 29.7 Å². The summed E-state index contributed by atoms with van der Waals surface area (Å²) in [7, 11) is 0. The molecule has 0 spiro atoms. The number of benzene rings is 3. The average Bonchev–Trinajstić information content (AvgIpc) is 3.31. The van der Waals surface area contributed by atoms with Gasteiger partial charge in [0, 0.05) is 30.6 Å². The molecule has 4 nitrogen and oxygen atoms in total. The second-order valence-corrected chi connectivity index (χ2v) is 8.23. The van der Waals surface area contributed by atoms with Crippen molar-refractivity contribution in [2.24, 2.45) is 5.92 Å². The van der Waals surface area contributed by atoms with Gasteiger partial charge in [0.25, 0.3) is 0 Å². The van der Waals surface area contributed by atoms with Crippen LogP contribution in [0.5, 0.6) is 0 Å². The van der Waals surface area contributed by atoms with Gasteiger partial charge in [-0.15, -0.1) is 0 Å². The summed E-state index contributed by atoms with van der Waals surface area (Å²) < 4.78 is 5.97. The van der Waals surface area contributed by atoms with Crippen LogP contribution in [0.2, 0.25) is 0 Å². The molecule has 152 valence electrons. The number of carbonyl (C=O) groups is 1. The van der Waals surface area contributed by atoms with E-state index in [2.05, 4.69) is 34.5 Å². The van der Waals surface area contributed by atoms with E-state index in [1.54, 1.807) is 0 Å². The zero-order valence-electron chi connectivity index (χ0n) is 16.9. The van der Waals surface area contributed by atoms with Crippen LogP contribution in [0.15, 0.2) is 84.9 Å². The third kappa shape index (κ3) is 3.83. The van der Waals surface area contributed by atoms with Crippen LogP contribution in [0, 0.1) is 5.92 Å². The summed E-state index contributed by atoms with van der Waals surface area (Å²) >= 11 is 0. The Morgan fingerprint density at radius 2 is 1.60 bits per heavy atom. The molecule has 1 aliphatic heterocycles. The van der Waals surface area contributed by atoms with Crippen molar-refractivity contribution in [1.82, 2.24) is 4.90 Å². The summed E-state index contributed by atoms with van der Waals surface area (Å²) in [5.74, 6) is 0.425. The minimum absolute atomic E-state index is 0.0300. The van der Waals surface area contributed by atoms with Gasteiger partial charge in [0.05, 0.1) is 5.69 Å². The first-order valence-corrected chi connectivity index (χ1v) is 10.7. The second-order valence-electron chi connectivity index (χ2n) is 8.23. The lowest BCUT2D eigenvalue weighted by molar-refractivity contribution is 0.0836. The van der Waals surface area contributed by atoms with Gasteiger partial charge in [-0.25, -0.2) is 4.79 Å². The van der Waals surface area contributed by atoms with Crippen LogP contribution in [0.4, 0.5) is 10.5 Å². The van der Waals surface area contributed by atoms with Crippen molar-refractivity contribution < 1.29 is 9.53 Å². The molecule has 30 heavy (non-hydrogen) atoms. The molecule has 1 saturated heterocycles. The Morgan fingerprint density at radius 1 is 0.900 bits per heavy atom. The summed E-state index contributed by atoms with van der Waals surface area (Å²) in [5, 5.41) is 2.99. The normalized spacial score (nSPS) is 22.7. The van der Waals surface area contributed by atoms with Gasteiger partial charge < -0.3 is 4.74 Å². The number of para-hydroxylation sites is 1. The molecule has 4 heteroatoms. The van der Waals surface area contributed by atoms with E-state index >= 15 is 0 Å². The molecule has 0 aromatic heterocycles. The fourth-order valence-electron chi connectivity index (χ4n) is 4.95. The monoisotopic (exact) mass is 398 g/mol. The number of fused-ring (bicyclic) bond motifs is 2. The summed E-state index contributed by atoms with van der Waals surface area (Å²) in [4.78, 5) is 15.3. The molecular formula is C26H26N2O2. The summed E-state index contributed by atoms with van der Waals surface area (Å²) in [5.41, 5.74) is 4.16. The van der Waals surface area contributed by atoms with Crippen molar-refractivity contribution in [3.8, 4) is 11.1 Å². The standard InChI is InChI=1S/C26H26N2O2/c29-26(27-23-14-8-7-13-22(23)20-11-5-2-6-12-20)30-25-21-15-16-24(25)28(18-21)17-19-9-3-1-4-10-19/h1-14,21,24-25H,15-18H2,(H,27,29). The number of nitrogens with one attached hydrogen (secondary N) is 1. The topological polar surface area (TPSA) is 41.6 Å². The van der Waals surface area contributed by atoms with Crippen molar-refractivity contribution in [3.05, 3.63) is 90.5 Å². The van der Waals surface area contributed by atoms with Crippen molar-refractivity contribution in [1.29, 1.82) is 0 Å². The van der Waals surface area contributed by atoms with Crippen LogP contribution >= 0.6 is 0 Å².